The lowest BCUT2D eigenvalue weighted by Crippen LogP contribution is -2.39. The average molecular weight is 393 g/mol. The molecule has 0 radical (unpaired) electrons. The third-order valence-corrected chi connectivity index (χ3v) is 5.72. The Morgan fingerprint density at radius 2 is 1.93 bits per heavy atom. The number of guanidine groups is 1. The third-order valence-electron chi connectivity index (χ3n) is 4.03. The lowest BCUT2D eigenvalue weighted by molar-refractivity contribution is 0.591. The Labute approximate surface area is 161 Å². The summed E-state index contributed by atoms with van der Waals surface area (Å²) < 4.78 is 26.4. The molecule has 1 aromatic heterocycles. The van der Waals surface area contributed by atoms with Crippen molar-refractivity contribution in [3.63, 3.8) is 0 Å². The molecule has 0 aliphatic carbocycles. The van der Waals surface area contributed by atoms with E-state index in [0.717, 1.165) is 24.4 Å². The van der Waals surface area contributed by atoms with Crippen LogP contribution in [-0.4, -0.2) is 55.0 Å². The summed E-state index contributed by atoms with van der Waals surface area (Å²) in [5, 5.41) is 14.3. The standard InChI is InChI=1S/C18H28N6O2S/c1-3-17-23-22-15-24(17)12-11-21-18(19-2)20-10-7-13-27(25,26)14-16-8-5-4-6-9-16/h4-6,8-9,15H,3,7,10-14H2,1-2H3,(H2,19,20,21). The van der Waals surface area contributed by atoms with E-state index in [2.05, 4.69) is 25.8 Å². The zero-order valence-corrected chi connectivity index (χ0v) is 16.7. The number of benzene rings is 1. The van der Waals surface area contributed by atoms with E-state index >= 15 is 0 Å². The zero-order chi connectivity index (χ0) is 19.5. The van der Waals surface area contributed by atoms with E-state index in [1.54, 1.807) is 13.4 Å². The summed E-state index contributed by atoms with van der Waals surface area (Å²) >= 11 is 0. The van der Waals surface area contributed by atoms with Crippen molar-refractivity contribution in [2.75, 3.05) is 25.9 Å². The lowest BCUT2D eigenvalue weighted by atomic mass is 10.2. The molecule has 0 unspecified atom stereocenters. The summed E-state index contributed by atoms with van der Waals surface area (Å²) in [7, 11) is -1.42. The molecule has 0 spiro atoms. The van der Waals surface area contributed by atoms with Crippen molar-refractivity contribution in [2.24, 2.45) is 4.99 Å². The van der Waals surface area contributed by atoms with Gasteiger partial charge in [-0.3, -0.25) is 4.99 Å². The topological polar surface area (TPSA) is 101 Å². The first kappa shape index (κ1) is 20.9. The van der Waals surface area contributed by atoms with Crippen molar-refractivity contribution in [3.05, 3.63) is 48.0 Å². The molecule has 0 saturated carbocycles. The van der Waals surface area contributed by atoms with Gasteiger partial charge in [0.2, 0.25) is 0 Å². The maximum absolute atomic E-state index is 12.2. The van der Waals surface area contributed by atoms with Gasteiger partial charge in [-0.05, 0) is 12.0 Å². The fourth-order valence-electron chi connectivity index (χ4n) is 2.65. The molecule has 1 heterocycles. The first-order valence-electron chi connectivity index (χ1n) is 9.09. The molecule has 0 saturated heterocycles. The van der Waals surface area contributed by atoms with Gasteiger partial charge < -0.3 is 15.2 Å². The van der Waals surface area contributed by atoms with Gasteiger partial charge >= 0.3 is 0 Å². The SMILES string of the molecule is CCc1nncn1CCNC(=NC)NCCCS(=O)(=O)Cc1ccccc1. The lowest BCUT2D eigenvalue weighted by Gasteiger charge is -2.12. The van der Waals surface area contributed by atoms with Crippen molar-refractivity contribution in [2.45, 2.75) is 32.1 Å². The van der Waals surface area contributed by atoms with E-state index in [9.17, 15) is 8.42 Å². The van der Waals surface area contributed by atoms with Gasteiger partial charge in [-0.1, -0.05) is 37.3 Å². The molecule has 0 fully saturated rings. The summed E-state index contributed by atoms with van der Waals surface area (Å²) in [6, 6.07) is 9.25. The van der Waals surface area contributed by atoms with E-state index in [4.69, 9.17) is 0 Å². The molecule has 2 aromatic rings. The van der Waals surface area contributed by atoms with Gasteiger partial charge in [0.15, 0.2) is 15.8 Å². The Kier molecular flexibility index (Phi) is 8.25. The third kappa shape index (κ3) is 7.38. The number of aliphatic imine (C=N–C) groups is 1. The summed E-state index contributed by atoms with van der Waals surface area (Å²) in [5.74, 6) is 1.83. The highest BCUT2D eigenvalue weighted by molar-refractivity contribution is 7.90. The van der Waals surface area contributed by atoms with E-state index < -0.39 is 9.84 Å². The van der Waals surface area contributed by atoms with Crippen LogP contribution >= 0.6 is 0 Å². The van der Waals surface area contributed by atoms with Gasteiger partial charge in [0.05, 0.1) is 11.5 Å². The largest absolute Gasteiger partial charge is 0.356 e. The summed E-state index contributed by atoms with van der Waals surface area (Å²) in [6.07, 6.45) is 3.08. The zero-order valence-electron chi connectivity index (χ0n) is 15.9. The highest BCUT2D eigenvalue weighted by atomic mass is 32.2. The highest BCUT2D eigenvalue weighted by Gasteiger charge is 2.11. The van der Waals surface area contributed by atoms with Gasteiger partial charge in [-0.25, -0.2) is 8.42 Å². The monoisotopic (exact) mass is 392 g/mol. The number of aryl methyl sites for hydroxylation is 1. The van der Waals surface area contributed by atoms with Crippen LogP contribution in [0.2, 0.25) is 0 Å². The summed E-state index contributed by atoms with van der Waals surface area (Å²) in [5.41, 5.74) is 0.823. The molecule has 0 aliphatic rings. The molecule has 2 rings (SSSR count). The molecule has 1 aromatic carbocycles. The molecule has 0 atom stereocenters. The first-order valence-corrected chi connectivity index (χ1v) is 10.9. The molecular formula is C18H28N6O2S. The van der Waals surface area contributed by atoms with Gasteiger partial charge in [0, 0.05) is 33.1 Å². The van der Waals surface area contributed by atoms with Crippen LogP contribution in [0.15, 0.2) is 41.7 Å². The normalized spacial score (nSPS) is 12.1. The number of sulfone groups is 1. The number of rotatable bonds is 10. The first-order chi connectivity index (χ1) is 13.0. The number of aromatic nitrogens is 3. The quantitative estimate of drug-likeness (QED) is 0.355. The minimum atomic E-state index is -3.11. The van der Waals surface area contributed by atoms with Crippen molar-refractivity contribution >= 4 is 15.8 Å². The van der Waals surface area contributed by atoms with Crippen LogP contribution in [0.25, 0.3) is 0 Å². The van der Waals surface area contributed by atoms with Crippen LogP contribution in [-0.2, 0) is 28.6 Å². The Morgan fingerprint density at radius 1 is 1.19 bits per heavy atom. The van der Waals surface area contributed by atoms with Crippen LogP contribution < -0.4 is 10.6 Å². The Hall–Kier alpha value is -2.42. The summed E-state index contributed by atoms with van der Waals surface area (Å²) in [6.45, 7) is 4.00. The van der Waals surface area contributed by atoms with E-state index in [1.807, 2.05) is 41.8 Å². The predicted octanol–water partition coefficient (Wildman–Crippen LogP) is 1.01. The maximum Gasteiger partial charge on any atom is 0.191 e. The molecule has 27 heavy (non-hydrogen) atoms. The molecular weight excluding hydrogens is 364 g/mol. The molecule has 0 bridgehead atoms. The predicted molar refractivity (Wildman–Crippen MR) is 107 cm³/mol. The van der Waals surface area contributed by atoms with Crippen LogP contribution in [0.4, 0.5) is 0 Å². The maximum atomic E-state index is 12.2. The second kappa shape index (κ2) is 10.7. The number of hydrogen-bond donors (Lipinski definition) is 2. The van der Waals surface area contributed by atoms with Gasteiger partial charge in [0.25, 0.3) is 0 Å². The van der Waals surface area contributed by atoms with Gasteiger partial charge in [-0.15, -0.1) is 10.2 Å². The Balaban J connectivity index is 1.67. The van der Waals surface area contributed by atoms with Crippen LogP contribution in [0, 0.1) is 0 Å². The van der Waals surface area contributed by atoms with Crippen LogP contribution in [0.5, 0.6) is 0 Å². The fraction of sp³-hybridized carbons (Fsp3) is 0.500. The van der Waals surface area contributed by atoms with Crippen LogP contribution in [0.1, 0.15) is 24.7 Å². The minimum absolute atomic E-state index is 0.0829. The Bertz CT molecular complexity index is 817. The number of nitrogens with zero attached hydrogens (tertiary/aromatic N) is 4. The molecule has 148 valence electrons. The fourth-order valence-corrected chi connectivity index (χ4v) is 4.08. The minimum Gasteiger partial charge on any atom is -0.356 e. The second-order valence-electron chi connectivity index (χ2n) is 6.15. The van der Waals surface area contributed by atoms with Crippen LogP contribution in [0.3, 0.4) is 0 Å². The summed E-state index contributed by atoms with van der Waals surface area (Å²) in [4.78, 5) is 4.16. The van der Waals surface area contributed by atoms with Gasteiger partial charge in [0.1, 0.15) is 12.2 Å². The number of hydrogen-bond acceptors (Lipinski definition) is 5. The molecule has 2 N–H and O–H groups in total. The second-order valence-corrected chi connectivity index (χ2v) is 8.34. The van der Waals surface area contributed by atoms with Crippen molar-refractivity contribution in [3.8, 4) is 0 Å². The van der Waals surface area contributed by atoms with Crippen molar-refractivity contribution in [1.29, 1.82) is 0 Å². The molecule has 9 heteroatoms. The highest BCUT2D eigenvalue weighted by Crippen LogP contribution is 2.06. The average Bonchev–Trinajstić information content (AvgIpc) is 3.11. The van der Waals surface area contributed by atoms with Crippen molar-refractivity contribution in [1.82, 2.24) is 25.4 Å². The van der Waals surface area contributed by atoms with E-state index in [1.165, 1.54) is 0 Å². The van der Waals surface area contributed by atoms with E-state index in [0.29, 0.717) is 25.5 Å². The Morgan fingerprint density at radius 3 is 2.63 bits per heavy atom. The molecule has 0 amide bonds. The van der Waals surface area contributed by atoms with E-state index in [-0.39, 0.29) is 11.5 Å². The van der Waals surface area contributed by atoms with Crippen molar-refractivity contribution < 1.29 is 8.42 Å². The smallest absolute Gasteiger partial charge is 0.191 e. The number of nitrogens with one attached hydrogen (secondary N) is 2. The molecule has 8 nitrogen and oxygen atoms in total. The van der Waals surface area contributed by atoms with Gasteiger partial charge in [-0.2, -0.15) is 0 Å². The molecule has 0 aliphatic heterocycles.